The summed E-state index contributed by atoms with van der Waals surface area (Å²) in [5, 5.41) is -5.74. The van der Waals surface area contributed by atoms with Crippen LogP contribution in [0.3, 0.4) is 0 Å². The first-order valence-electron chi connectivity index (χ1n) is 6.16. The largest absolute Gasteiger partial charge is 0.464 e. The number of carboxylic acid groups (broad SMARTS) is 1. The van der Waals surface area contributed by atoms with E-state index in [1.165, 1.54) is 0 Å². The number of halogens is 6. The molecule has 0 fully saturated rings. The van der Waals surface area contributed by atoms with Gasteiger partial charge in [0.05, 0.1) is 0 Å². The van der Waals surface area contributed by atoms with Crippen LogP contribution in [0.15, 0.2) is 0 Å². The number of nitrogens with zero attached hydrogens (tertiary/aromatic N) is 2. The standard InChI is InChI=1S/C9H9F6N2O8S3/c1-4-17(6(18)19)28(24,25)9(14,15)7(10,11)8(12,13)27(22,23)5(16-2)26(3,20)21/h4H2,1,3H3,(H,18,19)/q-1. The summed E-state index contributed by atoms with van der Waals surface area (Å²) in [6.07, 6.45) is -2.97. The van der Waals surface area contributed by atoms with E-state index in [2.05, 4.69) is 0 Å². The Labute approximate surface area is 154 Å². The Morgan fingerprint density at radius 3 is 1.68 bits per heavy atom. The molecule has 0 saturated carbocycles. The van der Waals surface area contributed by atoms with Crippen LogP contribution in [-0.2, 0) is 29.7 Å². The fourth-order valence-corrected chi connectivity index (χ4v) is 5.72. The zero-order valence-electron chi connectivity index (χ0n) is 13.4. The summed E-state index contributed by atoms with van der Waals surface area (Å²) in [5.74, 6) is -7.40. The maximum atomic E-state index is 13.9. The molecule has 0 aliphatic carbocycles. The van der Waals surface area contributed by atoms with Gasteiger partial charge in [-0.15, -0.1) is 0 Å². The van der Waals surface area contributed by atoms with Crippen molar-refractivity contribution in [2.24, 2.45) is 0 Å². The Hall–Kier alpha value is -1.94. The predicted molar refractivity (Wildman–Crippen MR) is 77.8 cm³/mol. The van der Waals surface area contributed by atoms with Crippen molar-refractivity contribution in [3.63, 3.8) is 0 Å². The highest BCUT2D eigenvalue weighted by Crippen LogP contribution is 2.53. The lowest BCUT2D eigenvalue weighted by Gasteiger charge is -2.35. The molecule has 0 radical (unpaired) electrons. The number of sulfonamides is 1. The zero-order valence-corrected chi connectivity index (χ0v) is 15.8. The van der Waals surface area contributed by atoms with Crippen LogP contribution in [0, 0.1) is 11.3 Å². The normalized spacial score (nSPS) is 14.2. The molecule has 0 bridgehead atoms. The van der Waals surface area contributed by atoms with Crippen LogP contribution >= 0.6 is 0 Å². The van der Waals surface area contributed by atoms with Gasteiger partial charge in [0.15, 0.2) is 9.84 Å². The quantitative estimate of drug-likeness (QED) is 0.397. The second kappa shape index (κ2) is 7.14. The summed E-state index contributed by atoms with van der Waals surface area (Å²) in [6, 6.07) is 0. The molecule has 1 N–H and O–H groups in total. The number of hydrogen-bond acceptors (Lipinski definition) is 7. The van der Waals surface area contributed by atoms with Crippen molar-refractivity contribution < 1.29 is 61.5 Å². The number of amides is 1. The molecule has 10 nitrogen and oxygen atoms in total. The second-order valence-corrected chi connectivity index (χ2v) is 10.7. The molecule has 0 spiro atoms. The van der Waals surface area contributed by atoms with Crippen LogP contribution in [0.5, 0.6) is 0 Å². The first kappa shape index (κ1) is 26.1. The maximum Gasteiger partial charge on any atom is 0.433 e. The van der Waals surface area contributed by atoms with Gasteiger partial charge in [-0.1, -0.05) is 0 Å². The number of hydrogen-bond donors (Lipinski definition) is 1. The van der Waals surface area contributed by atoms with Gasteiger partial charge in [0, 0.05) is 12.8 Å². The van der Waals surface area contributed by atoms with Crippen LogP contribution in [0.25, 0.3) is 4.85 Å². The summed E-state index contributed by atoms with van der Waals surface area (Å²) in [7, 11) is -20.0. The summed E-state index contributed by atoms with van der Waals surface area (Å²) in [5.41, 5.74) is 0. The molecule has 0 unspecified atom stereocenters. The van der Waals surface area contributed by atoms with Crippen LogP contribution in [0.1, 0.15) is 6.92 Å². The van der Waals surface area contributed by atoms with Gasteiger partial charge in [-0.05, 0) is 6.92 Å². The Kier molecular flexibility index (Phi) is 6.65. The SMILES string of the molecule is [C-]#[N+][C-](S(C)(=O)=O)S(=O)(=O)C(F)(F)C(F)(F)C(F)(F)S(=O)(=O)N(CC)C(=O)O. The van der Waals surface area contributed by atoms with Crippen molar-refractivity contribution in [1.29, 1.82) is 0 Å². The van der Waals surface area contributed by atoms with Gasteiger partial charge in [0.1, 0.15) is 9.84 Å². The number of carbonyl (C=O) groups is 1. The summed E-state index contributed by atoms with van der Waals surface area (Å²) in [4.78, 5) is 12.2. The second-order valence-electron chi connectivity index (χ2n) is 4.71. The lowest BCUT2D eigenvalue weighted by atomic mass is 10.3. The minimum Gasteiger partial charge on any atom is -0.464 e. The van der Waals surface area contributed by atoms with Crippen LogP contribution in [0.2, 0.25) is 0 Å². The van der Waals surface area contributed by atoms with E-state index in [1.54, 1.807) is 4.85 Å². The van der Waals surface area contributed by atoms with Crippen molar-refractivity contribution >= 4 is 35.8 Å². The third-order valence-corrected chi connectivity index (χ3v) is 8.50. The molecule has 0 aliphatic rings. The Morgan fingerprint density at radius 1 is 1.04 bits per heavy atom. The average Bonchev–Trinajstić information content (AvgIpc) is 2.44. The van der Waals surface area contributed by atoms with Gasteiger partial charge in [-0.3, -0.25) is 15.0 Å². The molecule has 0 aliphatic heterocycles. The van der Waals surface area contributed by atoms with Gasteiger partial charge >= 0.3 is 32.5 Å². The zero-order chi connectivity index (χ0) is 23.1. The van der Waals surface area contributed by atoms with Crippen molar-refractivity contribution in [3.05, 3.63) is 16.1 Å². The minimum absolute atomic E-state index is 0.190. The van der Waals surface area contributed by atoms with Gasteiger partial charge in [0.2, 0.25) is 4.71 Å². The molecule has 1 amide bonds. The number of rotatable bonds is 8. The molecule has 0 aromatic heterocycles. The van der Waals surface area contributed by atoms with E-state index in [4.69, 9.17) is 11.7 Å². The molecule has 19 heteroatoms. The van der Waals surface area contributed by atoms with Gasteiger partial charge in [0.25, 0.3) is 0 Å². The van der Waals surface area contributed by atoms with Gasteiger partial charge in [-0.2, -0.15) is 39.1 Å². The fourth-order valence-electron chi connectivity index (χ4n) is 1.50. The minimum atomic E-state index is -7.40. The Bertz CT molecular complexity index is 999. The van der Waals surface area contributed by atoms with Crippen LogP contribution < -0.4 is 0 Å². The van der Waals surface area contributed by atoms with Crippen molar-refractivity contribution in [1.82, 2.24) is 4.31 Å². The highest BCUT2D eigenvalue weighted by atomic mass is 32.3. The van der Waals surface area contributed by atoms with E-state index in [9.17, 15) is 56.4 Å². The summed E-state index contributed by atoms with van der Waals surface area (Å²) in [6.45, 7) is 5.34. The summed E-state index contributed by atoms with van der Waals surface area (Å²) < 4.78 is 147. The Balaban J connectivity index is 6.89. The van der Waals surface area contributed by atoms with Crippen molar-refractivity contribution in [2.45, 2.75) is 23.4 Å². The molecule has 0 saturated heterocycles. The summed E-state index contributed by atoms with van der Waals surface area (Å²) >= 11 is 0. The molecule has 0 rings (SSSR count). The number of alkyl halides is 6. The molecular weight excluding hydrogens is 474 g/mol. The molecule has 164 valence electrons. The van der Waals surface area contributed by atoms with Crippen molar-refractivity contribution in [3.8, 4) is 0 Å². The van der Waals surface area contributed by atoms with Gasteiger partial charge in [-0.25, -0.2) is 13.2 Å². The van der Waals surface area contributed by atoms with E-state index in [0.717, 1.165) is 0 Å². The highest BCUT2D eigenvalue weighted by molar-refractivity contribution is 8.13. The molecule has 0 aromatic rings. The topological polar surface area (TPSA) is 147 Å². The molecule has 0 atom stereocenters. The van der Waals surface area contributed by atoms with E-state index in [0.29, 0.717) is 6.92 Å². The molecule has 28 heavy (non-hydrogen) atoms. The molecule has 0 heterocycles. The lowest BCUT2D eigenvalue weighted by Crippen LogP contribution is -2.64. The van der Waals surface area contributed by atoms with Gasteiger partial charge < -0.3 is 9.95 Å². The molecular formula is C9H9F6N2O8S3-. The monoisotopic (exact) mass is 483 g/mol. The fraction of sp³-hybridized carbons (Fsp3) is 0.667. The molecule has 0 aromatic carbocycles. The van der Waals surface area contributed by atoms with Crippen LogP contribution in [-0.4, -0.2) is 70.0 Å². The van der Waals surface area contributed by atoms with Crippen LogP contribution in [0.4, 0.5) is 31.1 Å². The smallest absolute Gasteiger partial charge is 0.433 e. The van der Waals surface area contributed by atoms with E-state index in [1.807, 2.05) is 0 Å². The lowest BCUT2D eigenvalue weighted by molar-refractivity contribution is -0.244. The predicted octanol–water partition coefficient (Wildman–Crippen LogP) is 0.963. The third-order valence-electron chi connectivity index (χ3n) is 2.82. The van der Waals surface area contributed by atoms with E-state index >= 15 is 0 Å². The maximum absolute atomic E-state index is 13.9. The number of sulfone groups is 2. The van der Waals surface area contributed by atoms with Crippen molar-refractivity contribution in [2.75, 3.05) is 12.8 Å². The third kappa shape index (κ3) is 3.55. The first-order chi connectivity index (χ1) is 12.1. The first-order valence-corrected chi connectivity index (χ1v) is 11.0. The van der Waals surface area contributed by atoms with E-state index in [-0.39, 0.29) is 6.26 Å². The highest BCUT2D eigenvalue weighted by Gasteiger charge is 2.82. The van der Waals surface area contributed by atoms with E-state index < -0.39 is 67.8 Å². The average molecular weight is 483 g/mol. The Morgan fingerprint density at radius 2 is 1.43 bits per heavy atom.